The number of hydrogen-bond donors (Lipinski definition) is 2. The molecule has 1 aromatic carbocycles. The number of rotatable bonds is 4. The molecule has 2 aromatic rings. The van der Waals surface area contributed by atoms with Crippen molar-refractivity contribution < 1.29 is 0 Å². The van der Waals surface area contributed by atoms with Gasteiger partial charge in [0.05, 0.1) is 5.52 Å². The van der Waals surface area contributed by atoms with Crippen LogP contribution in [0.15, 0.2) is 16.6 Å². The predicted molar refractivity (Wildman–Crippen MR) is 75.4 cm³/mol. The molecule has 0 bridgehead atoms. The number of benzene rings is 1. The first-order valence-corrected chi connectivity index (χ1v) is 6.73. The van der Waals surface area contributed by atoms with E-state index in [1.165, 1.54) is 5.56 Å². The fourth-order valence-electron chi connectivity index (χ4n) is 1.86. The Morgan fingerprint density at radius 1 is 1.41 bits per heavy atom. The van der Waals surface area contributed by atoms with E-state index in [1.807, 2.05) is 0 Å². The fraction of sp³-hybridized carbons (Fsp3) is 0.462. The lowest BCUT2D eigenvalue weighted by Gasteiger charge is -2.05. The maximum atomic E-state index is 4.61. The van der Waals surface area contributed by atoms with Crippen LogP contribution >= 0.6 is 15.9 Å². The van der Waals surface area contributed by atoms with Crippen molar-refractivity contribution in [2.45, 2.75) is 33.2 Å². The van der Waals surface area contributed by atoms with Crippen LogP contribution in [0.25, 0.3) is 11.0 Å². The summed E-state index contributed by atoms with van der Waals surface area (Å²) in [5, 5.41) is 3.39. The number of hydrogen-bond acceptors (Lipinski definition) is 2. The lowest BCUT2D eigenvalue weighted by atomic mass is 10.2. The molecular formula is C13H18BrN3. The van der Waals surface area contributed by atoms with Crippen molar-refractivity contribution in [3.8, 4) is 0 Å². The molecular weight excluding hydrogens is 278 g/mol. The molecule has 92 valence electrons. The van der Waals surface area contributed by atoms with Crippen LogP contribution in [0.2, 0.25) is 0 Å². The first kappa shape index (κ1) is 12.6. The minimum atomic E-state index is 0.522. The maximum absolute atomic E-state index is 4.61. The van der Waals surface area contributed by atoms with Gasteiger partial charge in [-0.25, -0.2) is 4.98 Å². The van der Waals surface area contributed by atoms with Gasteiger partial charge in [-0.3, -0.25) is 0 Å². The summed E-state index contributed by atoms with van der Waals surface area (Å²) in [7, 11) is 0. The zero-order valence-corrected chi connectivity index (χ0v) is 12.1. The molecule has 3 nitrogen and oxygen atoms in total. The van der Waals surface area contributed by atoms with Gasteiger partial charge in [0, 0.05) is 23.5 Å². The van der Waals surface area contributed by atoms with Crippen LogP contribution in [0.1, 0.15) is 25.2 Å². The van der Waals surface area contributed by atoms with Crippen LogP contribution in [0, 0.1) is 6.92 Å². The third kappa shape index (κ3) is 3.07. The molecule has 0 fully saturated rings. The number of halogens is 1. The summed E-state index contributed by atoms with van der Waals surface area (Å²) >= 11 is 3.55. The average molecular weight is 296 g/mol. The summed E-state index contributed by atoms with van der Waals surface area (Å²) in [5.74, 6) is 1.04. The zero-order valence-electron chi connectivity index (χ0n) is 10.5. The lowest BCUT2D eigenvalue weighted by Crippen LogP contribution is -2.25. The number of aromatic nitrogens is 2. The van der Waals surface area contributed by atoms with Gasteiger partial charge in [-0.15, -0.1) is 0 Å². The molecule has 0 atom stereocenters. The summed E-state index contributed by atoms with van der Waals surface area (Å²) in [4.78, 5) is 7.98. The van der Waals surface area contributed by atoms with Crippen molar-refractivity contribution in [2.75, 3.05) is 6.54 Å². The molecule has 2 rings (SSSR count). The van der Waals surface area contributed by atoms with Gasteiger partial charge in [-0.2, -0.15) is 0 Å². The Morgan fingerprint density at radius 2 is 2.18 bits per heavy atom. The normalized spacial score (nSPS) is 11.6. The number of aryl methyl sites for hydroxylation is 1. The number of fused-ring (bicyclic) bond motifs is 1. The summed E-state index contributed by atoms with van der Waals surface area (Å²) in [6.45, 7) is 7.34. The molecule has 4 heteroatoms. The molecule has 0 radical (unpaired) electrons. The van der Waals surface area contributed by atoms with Gasteiger partial charge in [-0.1, -0.05) is 13.8 Å². The van der Waals surface area contributed by atoms with E-state index in [4.69, 9.17) is 0 Å². The average Bonchev–Trinajstić information content (AvgIpc) is 2.60. The lowest BCUT2D eigenvalue weighted by molar-refractivity contribution is 0.585. The summed E-state index contributed by atoms with van der Waals surface area (Å²) in [6, 6.07) is 4.75. The number of nitrogens with one attached hydrogen (secondary N) is 2. The van der Waals surface area contributed by atoms with E-state index in [0.29, 0.717) is 6.04 Å². The molecule has 0 aliphatic rings. The van der Waals surface area contributed by atoms with E-state index < -0.39 is 0 Å². The Kier molecular flexibility index (Phi) is 3.84. The van der Waals surface area contributed by atoms with E-state index >= 15 is 0 Å². The van der Waals surface area contributed by atoms with Gasteiger partial charge in [-0.05, 0) is 40.5 Å². The number of H-pyrrole nitrogens is 1. The van der Waals surface area contributed by atoms with Crippen molar-refractivity contribution in [2.24, 2.45) is 0 Å². The molecule has 0 spiro atoms. The Hall–Kier alpha value is -0.870. The van der Waals surface area contributed by atoms with E-state index in [1.54, 1.807) is 0 Å². The summed E-state index contributed by atoms with van der Waals surface area (Å²) in [5.41, 5.74) is 3.37. The maximum Gasteiger partial charge on any atom is 0.108 e. The SMILES string of the molecule is Cc1cc(Br)c2nc(CCNC(C)C)[nH]c2c1. The minimum absolute atomic E-state index is 0.522. The highest BCUT2D eigenvalue weighted by molar-refractivity contribution is 9.10. The van der Waals surface area contributed by atoms with E-state index in [-0.39, 0.29) is 0 Å². The summed E-state index contributed by atoms with van der Waals surface area (Å²) in [6.07, 6.45) is 0.929. The highest BCUT2D eigenvalue weighted by atomic mass is 79.9. The molecule has 0 aliphatic heterocycles. The van der Waals surface area contributed by atoms with Crippen molar-refractivity contribution in [3.05, 3.63) is 28.0 Å². The van der Waals surface area contributed by atoms with E-state index in [9.17, 15) is 0 Å². The fourth-order valence-corrected chi connectivity index (χ4v) is 2.52. The zero-order chi connectivity index (χ0) is 12.4. The van der Waals surface area contributed by atoms with Gasteiger partial charge < -0.3 is 10.3 Å². The molecule has 17 heavy (non-hydrogen) atoms. The minimum Gasteiger partial charge on any atom is -0.342 e. The van der Waals surface area contributed by atoms with Crippen molar-refractivity contribution in [3.63, 3.8) is 0 Å². The van der Waals surface area contributed by atoms with Crippen LogP contribution < -0.4 is 5.32 Å². The van der Waals surface area contributed by atoms with Crippen LogP contribution in [-0.4, -0.2) is 22.6 Å². The van der Waals surface area contributed by atoms with Gasteiger partial charge in [0.15, 0.2) is 0 Å². The summed E-state index contributed by atoms with van der Waals surface area (Å²) < 4.78 is 1.06. The van der Waals surface area contributed by atoms with Crippen molar-refractivity contribution >= 4 is 27.0 Å². The monoisotopic (exact) mass is 295 g/mol. The molecule has 0 amide bonds. The third-order valence-electron chi connectivity index (χ3n) is 2.65. The van der Waals surface area contributed by atoms with E-state index in [0.717, 1.165) is 34.3 Å². The van der Waals surface area contributed by atoms with Crippen molar-refractivity contribution in [1.29, 1.82) is 0 Å². The molecule has 0 unspecified atom stereocenters. The molecule has 0 aliphatic carbocycles. The highest BCUT2D eigenvalue weighted by Crippen LogP contribution is 2.23. The predicted octanol–water partition coefficient (Wildman–Crippen LogP) is 3.17. The molecule has 0 saturated heterocycles. The van der Waals surface area contributed by atoms with Crippen LogP contribution in [-0.2, 0) is 6.42 Å². The van der Waals surface area contributed by atoms with Crippen molar-refractivity contribution in [1.82, 2.24) is 15.3 Å². The first-order chi connectivity index (χ1) is 8.06. The first-order valence-electron chi connectivity index (χ1n) is 5.94. The largest absolute Gasteiger partial charge is 0.342 e. The topological polar surface area (TPSA) is 40.7 Å². The second kappa shape index (κ2) is 5.19. The Labute approximate surface area is 110 Å². The standard InChI is InChI=1S/C13H18BrN3/c1-8(2)15-5-4-12-16-11-7-9(3)6-10(14)13(11)17-12/h6-8,15H,4-5H2,1-3H3,(H,16,17). The number of nitrogens with zero attached hydrogens (tertiary/aromatic N) is 1. The van der Waals surface area contributed by atoms with Gasteiger partial charge in [0.2, 0.25) is 0 Å². The van der Waals surface area contributed by atoms with Crippen LogP contribution in [0.3, 0.4) is 0 Å². The van der Waals surface area contributed by atoms with E-state index in [2.05, 4.69) is 64.1 Å². The quantitative estimate of drug-likeness (QED) is 0.910. The van der Waals surface area contributed by atoms with Gasteiger partial charge in [0.25, 0.3) is 0 Å². The second-order valence-corrected chi connectivity index (χ2v) is 5.54. The van der Waals surface area contributed by atoms with Gasteiger partial charge in [0.1, 0.15) is 11.3 Å². The molecule has 1 aromatic heterocycles. The Bertz CT molecular complexity index is 517. The third-order valence-corrected chi connectivity index (χ3v) is 3.25. The van der Waals surface area contributed by atoms with Gasteiger partial charge >= 0.3 is 0 Å². The Balaban J connectivity index is 2.17. The Morgan fingerprint density at radius 3 is 2.88 bits per heavy atom. The number of imidazole rings is 1. The van der Waals surface area contributed by atoms with Crippen LogP contribution in [0.5, 0.6) is 0 Å². The molecule has 1 heterocycles. The smallest absolute Gasteiger partial charge is 0.108 e. The highest BCUT2D eigenvalue weighted by Gasteiger charge is 2.06. The van der Waals surface area contributed by atoms with Crippen LogP contribution in [0.4, 0.5) is 0 Å². The second-order valence-electron chi connectivity index (χ2n) is 4.69. The number of aromatic amines is 1. The molecule has 2 N–H and O–H groups in total. The molecule has 0 saturated carbocycles.